The zero-order valence-corrected chi connectivity index (χ0v) is 24.1. The molecule has 0 saturated carbocycles. The topological polar surface area (TPSA) is 197 Å². The lowest BCUT2D eigenvalue weighted by Gasteiger charge is -2.32. The van der Waals surface area contributed by atoms with Crippen LogP contribution in [0.4, 0.5) is 5.69 Å². The molecule has 0 saturated heterocycles. The predicted molar refractivity (Wildman–Crippen MR) is 153 cm³/mol. The van der Waals surface area contributed by atoms with Crippen molar-refractivity contribution in [3.63, 3.8) is 0 Å². The van der Waals surface area contributed by atoms with Crippen LogP contribution in [0.5, 0.6) is 0 Å². The number of benzene rings is 2. The number of hydrazine groups is 1. The number of carbonyl (C=O) groups is 6. The summed E-state index contributed by atoms with van der Waals surface area (Å²) in [5.41, 5.74) is 7.76. The fraction of sp³-hybridized carbons (Fsp3) is 0.286. The van der Waals surface area contributed by atoms with Gasteiger partial charge in [-0.15, -0.1) is 0 Å². The van der Waals surface area contributed by atoms with Crippen LogP contribution in [0.2, 0.25) is 5.02 Å². The molecule has 2 rings (SSSR count). The van der Waals surface area contributed by atoms with Gasteiger partial charge in [0.1, 0.15) is 18.6 Å². The van der Waals surface area contributed by atoms with E-state index in [1.165, 1.54) is 30.3 Å². The molecular weight excluding hydrogens is 570 g/mol. The average Bonchev–Trinajstić information content (AvgIpc) is 2.93. The fourth-order valence-electron chi connectivity index (χ4n) is 3.53. The molecule has 2 atom stereocenters. The summed E-state index contributed by atoms with van der Waals surface area (Å²) in [6, 6.07) is 9.60. The largest absolute Gasteiger partial charge is 0.480 e. The van der Waals surface area contributed by atoms with Gasteiger partial charge >= 0.3 is 11.9 Å². The number of ether oxygens (including phenoxy) is 1. The number of rotatable bonds is 10. The Bertz CT molecular complexity index is 1370. The number of nitrogens with zero attached hydrogens (tertiary/aromatic N) is 1. The first-order chi connectivity index (χ1) is 19.6. The Morgan fingerprint density at radius 2 is 1.64 bits per heavy atom. The second kappa shape index (κ2) is 14.6. The summed E-state index contributed by atoms with van der Waals surface area (Å²) in [6.07, 6.45) is 1.48. The van der Waals surface area contributed by atoms with E-state index in [9.17, 15) is 33.9 Å². The molecule has 6 N–H and O–H groups in total. The van der Waals surface area contributed by atoms with Crippen LogP contribution in [0.25, 0.3) is 0 Å². The molecule has 0 aromatic heterocycles. The minimum Gasteiger partial charge on any atom is -0.480 e. The number of nitrogen functional groups attached to an aromatic ring is 1. The highest BCUT2D eigenvalue weighted by Gasteiger charge is 2.36. The van der Waals surface area contributed by atoms with Crippen molar-refractivity contribution in [2.24, 2.45) is 5.41 Å². The maximum atomic E-state index is 13.6. The number of carbonyl (C=O) groups excluding carboxylic acids is 5. The van der Waals surface area contributed by atoms with Crippen molar-refractivity contribution < 1.29 is 38.6 Å². The van der Waals surface area contributed by atoms with Gasteiger partial charge in [-0.1, -0.05) is 62.7 Å². The summed E-state index contributed by atoms with van der Waals surface area (Å²) in [7, 11) is 1.08. The van der Waals surface area contributed by atoms with Gasteiger partial charge in [0, 0.05) is 17.7 Å². The quantitative estimate of drug-likeness (QED) is 0.116. The van der Waals surface area contributed by atoms with E-state index in [0.29, 0.717) is 10.6 Å². The SMILES string of the molecule is COC(=O)/C=C/C(=O)N(CC(=O)O)NC(=O)C(NC(=O)C(NC(=O)c1ccc(N)c(Cl)c1)C(C)(C)C)c1ccccc1. The van der Waals surface area contributed by atoms with Crippen molar-refractivity contribution in [2.45, 2.75) is 32.9 Å². The summed E-state index contributed by atoms with van der Waals surface area (Å²) in [6.45, 7) is 4.14. The molecule has 14 heteroatoms. The standard InChI is InChI=1S/C28H32ClN5O8/c1-28(2,3)24(32-25(39)17-10-11-19(30)18(29)14-17)27(41)31-23(16-8-6-5-7-9-16)26(40)33-34(15-21(36)37)20(35)12-13-22(38)42-4/h5-14,23-24H,15,30H2,1-4H3,(H,31,41)(H,32,39)(H,33,40)(H,36,37)/b13-12+. The lowest BCUT2D eigenvalue weighted by molar-refractivity contribution is -0.148. The highest BCUT2D eigenvalue weighted by atomic mass is 35.5. The van der Waals surface area contributed by atoms with E-state index >= 15 is 0 Å². The van der Waals surface area contributed by atoms with E-state index in [1.54, 1.807) is 39.0 Å². The molecule has 0 bridgehead atoms. The average molecular weight is 602 g/mol. The van der Waals surface area contributed by atoms with Crippen LogP contribution in [-0.2, 0) is 28.7 Å². The third-order valence-electron chi connectivity index (χ3n) is 5.72. The third-order valence-corrected chi connectivity index (χ3v) is 6.04. The molecule has 2 aromatic carbocycles. The van der Waals surface area contributed by atoms with Gasteiger partial charge in [-0.25, -0.2) is 9.80 Å². The Hall–Kier alpha value is -4.91. The number of anilines is 1. The molecule has 42 heavy (non-hydrogen) atoms. The van der Waals surface area contributed by atoms with Gasteiger partial charge in [0.05, 0.1) is 17.8 Å². The van der Waals surface area contributed by atoms with Gasteiger partial charge < -0.3 is 26.2 Å². The predicted octanol–water partition coefficient (Wildman–Crippen LogP) is 1.60. The maximum Gasteiger partial charge on any atom is 0.330 e. The molecule has 0 aliphatic carbocycles. The normalized spacial score (nSPS) is 12.5. The van der Waals surface area contributed by atoms with E-state index < -0.39 is 59.6 Å². The molecule has 0 radical (unpaired) electrons. The number of hydrogen-bond acceptors (Lipinski definition) is 8. The first-order valence-electron chi connectivity index (χ1n) is 12.4. The van der Waals surface area contributed by atoms with E-state index in [-0.39, 0.29) is 16.3 Å². The smallest absolute Gasteiger partial charge is 0.330 e. The Morgan fingerprint density at radius 1 is 1.00 bits per heavy atom. The van der Waals surface area contributed by atoms with Crippen molar-refractivity contribution >= 4 is 52.9 Å². The molecular formula is C28H32ClN5O8. The number of nitrogens with two attached hydrogens (primary N) is 1. The van der Waals surface area contributed by atoms with Gasteiger partial charge in [0.25, 0.3) is 17.7 Å². The zero-order chi connectivity index (χ0) is 31.6. The number of aliphatic carboxylic acids is 1. The Labute approximate surface area is 247 Å². The Balaban J connectivity index is 2.37. The van der Waals surface area contributed by atoms with Crippen LogP contribution in [0.3, 0.4) is 0 Å². The maximum absolute atomic E-state index is 13.6. The van der Waals surface area contributed by atoms with Crippen molar-refractivity contribution in [3.8, 4) is 0 Å². The van der Waals surface area contributed by atoms with Crippen LogP contribution in [0.1, 0.15) is 42.7 Å². The van der Waals surface area contributed by atoms with E-state index in [2.05, 4.69) is 20.8 Å². The second-order valence-electron chi connectivity index (χ2n) is 10.0. The number of hydrogen-bond donors (Lipinski definition) is 5. The van der Waals surface area contributed by atoms with E-state index in [4.69, 9.17) is 17.3 Å². The summed E-state index contributed by atoms with van der Waals surface area (Å²) < 4.78 is 4.41. The lowest BCUT2D eigenvalue weighted by Crippen LogP contribution is -2.57. The summed E-state index contributed by atoms with van der Waals surface area (Å²) in [5, 5.41) is 15.1. The van der Waals surface area contributed by atoms with Gasteiger partial charge in [-0.3, -0.25) is 29.4 Å². The minimum absolute atomic E-state index is 0.149. The molecule has 0 aliphatic heterocycles. The molecule has 2 unspecified atom stereocenters. The lowest BCUT2D eigenvalue weighted by atomic mass is 9.85. The number of halogens is 1. The monoisotopic (exact) mass is 601 g/mol. The van der Waals surface area contributed by atoms with E-state index in [0.717, 1.165) is 19.3 Å². The summed E-state index contributed by atoms with van der Waals surface area (Å²) >= 11 is 6.04. The van der Waals surface area contributed by atoms with Crippen LogP contribution in [-0.4, -0.2) is 65.4 Å². The van der Waals surface area contributed by atoms with Gasteiger partial charge in [0.15, 0.2) is 0 Å². The van der Waals surface area contributed by atoms with Crippen molar-refractivity contribution in [1.29, 1.82) is 0 Å². The van der Waals surface area contributed by atoms with Crippen LogP contribution in [0, 0.1) is 5.41 Å². The van der Waals surface area contributed by atoms with Crippen LogP contribution < -0.4 is 21.8 Å². The molecule has 0 spiro atoms. The van der Waals surface area contributed by atoms with Gasteiger partial charge in [-0.2, -0.15) is 0 Å². The molecule has 0 fully saturated rings. The number of carboxylic acid groups (broad SMARTS) is 1. The number of amides is 4. The zero-order valence-electron chi connectivity index (χ0n) is 23.3. The van der Waals surface area contributed by atoms with E-state index in [1.807, 2.05) is 0 Å². The summed E-state index contributed by atoms with van der Waals surface area (Å²) in [4.78, 5) is 75.3. The third kappa shape index (κ3) is 9.63. The first-order valence-corrected chi connectivity index (χ1v) is 12.8. The fourth-order valence-corrected chi connectivity index (χ4v) is 3.71. The van der Waals surface area contributed by atoms with Gasteiger partial charge in [-0.05, 0) is 29.2 Å². The number of esters is 1. The number of methoxy groups -OCH3 is 1. The van der Waals surface area contributed by atoms with Gasteiger partial charge in [0.2, 0.25) is 5.91 Å². The molecule has 13 nitrogen and oxygen atoms in total. The highest BCUT2D eigenvalue weighted by molar-refractivity contribution is 6.33. The van der Waals surface area contributed by atoms with Crippen molar-refractivity contribution in [3.05, 3.63) is 76.8 Å². The molecule has 0 heterocycles. The Morgan fingerprint density at radius 3 is 2.19 bits per heavy atom. The van der Waals surface area contributed by atoms with Crippen molar-refractivity contribution in [1.82, 2.24) is 21.1 Å². The minimum atomic E-state index is -1.46. The van der Waals surface area contributed by atoms with Crippen molar-refractivity contribution in [2.75, 3.05) is 19.4 Å². The molecule has 224 valence electrons. The second-order valence-corrected chi connectivity index (χ2v) is 10.4. The van der Waals surface area contributed by atoms with Crippen LogP contribution in [0.15, 0.2) is 60.7 Å². The molecule has 2 aromatic rings. The Kier molecular flexibility index (Phi) is 11.6. The summed E-state index contributed by atoms with van der Waals surface area (Å²) in [5.74, 6) is -5.73. The number of nitrogens with one attached hydrogen (secondary N) is 3. The molecule has 0 aliphatic rings. The highest BCUT2D eigenvalue weighted by Crippen LogP contribution is 2.24. The number of carboxylic acids is 1. The first kappa shape index (κ1) is 33.3. The van der Waals surface area contributed by atoms with Crippen LogP contribution >= 0.6 is 11.6 Å². The molecule has 4 amide bonds.